The minimum Gasteiger partial charge on any atom is -0.481 e. The molecule has 1 aromatic rings. The summed E-state index contributed by atoms with van der Waals surface area (Å²) in [6, 6.07) is 1.95. The minimum atomic E-state index is -0.759. The lowest BCUT2D eigenvalue weighted by atomic mass is 9.76. The molecule has 0 saturated heterocycles. The van der Waals surface area contributed by atoms with E-state index in [4.69, 9.17) is 5.11 Å². The van der Waals surface area contributed by atoms with E-state index in [1.54, 1.807) is 11.3 Å². The van der Waals surface area contributed by atoms with E-state index in [-0.39, 0.29) is 23.7 Å². The molecule has 4 nitrogen and oxygen atoms in total. The van der Waals surface area contributed by atoms with Crippen molar-refractivity contribution >= 4 is 23.2 Å². The Kier molecular flexibility index (Phi) is 6.89. The summed E-state index contributed by atoms with van der Waals surface area (Å²) in [5, 5.41) is 15.7. The van der Waals surface area contributed by atoms with Crippen molar-refractivity contribution in [3.63, 3.8) is 0 Å². The van der Waals surface area contributed by atoms with Gasteiger partial charge in [-0.1, -0.05) is 20.8 Å². The predicted molar refractivity (Wildman–Crippen MR) is 85.5 cm³/mol. The number of hydrogen-bond acceptors (Lipinski definition) is 3. The lowest BCUT2D eigenvalue weighted by molar-refractivity contribution is -0.137. The average molecular weight is 311 g/mol. The van der Waals surface area contributed by atoms with E-state index in [2.05, 4.69) is 26.1 Å². The Hall–Kier alpha value is -1.36. The van der Waals surface area contributed by atoms with E-state index in [9.17, 15) is 9.59 Å². The maximum absolute atomic E-state index is 11.8. The van der Waals surface area contributed by atoms with Crippen LogP contribution in [0, 0.1) is 11.3 Å². The number of amides is 1. The van der Waals surface area contributed by atoms with E-state index < -0.39 is 5.97 Å². The van der Waals surface area contributed by atoms with Crippen molar-refractivity contribution in [2.45, 2.75) is 46.5 Å². The highest BCUT2D eigenvalue weighted by Gasteiger charge is 2.24. The minimum absolute atomic E-state index is 0.0271. The van der Waals surface area contributed by atoms with Gasteiger partial charge in [-0.2, -0.15) is 11.3 Å². The molecule has 1 unspecified atom stereocenters. The van der Waals surface area contributed by atoms with Crippen molar-refractivity contribution in [1.82, 2.24) is 5.32 Å². The van der Waals surface area contributed by atoms with Crippen LogP contribution in [0.15, 0.2) is 16.8 Å². The van der Waals surface area contributed by atoms with E-state index in [1.807, 2.05) is 16.8 Å². The summed E-state index contributed by atoms with van der Waals surface area (Å²) in [4.78, 5) is 22.5. The Balaban J connectivity index is 2.35. The molecule has 5 heteroatoms. The molecule has 0 aliphatic carbocycles. The molecule has 1 aromatic heterocycles. The zero-order valence-electron chi connectivity index (χ0n) is 13.0. The van der Waals surface area contributed by atoms with Crippen LogP contribution in [-0.2, 0) is 16.0 Å². The van der Waals surface area contributed by atoms with Gasteiger partial charge in [0.15, 0.2) is 0 Å². The Bertz CT molecular complexity index is 449. The van der Waals surface area contributed by atoms with Gasteiger partial charge in [-0.15, -0.1) is 0 Å². The average Bonchev–Trinajstić information content (AvgIpc) is 2.84. The third-order valence-corrected chi connectivity index (χ3v) is 4.42. The molecule has 0 aliphatic rings. The highest BCUT2D eigenvalue weighted by atomic mass is 32.1. The molecule has 0 aliphatic heterocycles. The highest BCUT2D eigenvalue weighted by molar-refractivity contribution is 7.07. The van der Waals surface area contributed by atoms with E-state index in [1.165, 1.54) is 0 Å². The number of aliphatic carboxylic acids is 1. The largest absolute Gasteiger partial charge is 0.481 e. The van der Waals surface area contributed by atoms with Crippen LogP contribution in [0.4, 0.5) is 0 Å². The zero-order valence-corrected chi connectivity index (χ0v) is 13.8. The highest BCUT2D eigenvalue weighted by Crippen LogP contribution is 2.32. The second-order valence-corrected chi connectivity index (χ2v) is 7.22. The van der Waals surface area contributed by atoms with Crippen molar-refractivity contribution in [2.75, 3.05) is 6.54 Å². The van der Waals surface area contributed by atoms with Gasteiger partial charge < -0.3 is 10.4 Å². The van der Waals surface area contributed by atoms with Crippen LogP contribution in [0.3, 0.4) is 0 Å². The Morgan fingerprint density at radius 2 is 2.05 bits per heavy atom. The predicted octanol–water partition coefficient (Wildman–Crippen LogP) is 3.32. The van der Waals surface area contributed by atoms with Gasteiger partial charge in [-0.25, -0.2) is 0 Å². The van der Waals surface area contributed by atoms with E-state index >= 15 is 0 Å². The second-order valence-electron chi connectivity index (χ2n) is 6.44. The fraction of sp³-hybridized carbons (Fsp3) is 0.625. The fourth-order valence-corrected chi connectivity index (χ4v) is 3.00. The first-order chi connectivity index (χ1) is 9.79. The first kappa shape index (κ1) is 17.7. The van der Waals surface area contributed by atoms with Gasteiger partial charge >= 0.3 is 5.97 Å². The molecule has 21 heavy (non-hydrogen) atoms. The number of carboxylic acids is 1. The second kappa shape index (κ2) is 8.17. The molecular formula is C16H25NO3S. The van der Waals surface area contributed by atoms with Crippen molar-refractivity contribution in [2.24, 2.45) is 11.3 Å². The van der Waals surface area contributed by atoms with Gasteiger partial charge in [0.05, 0.1) is 6.42 Å². The lowest BCUT2D eigenvalue weighted by Gasteiger charge is -2.30. The van der Waals surface area contributed by atoms with Gasteiger partial charge in [-0.05, 0) is 46.6 Å². The number of carbonyl (C=O) groups excluding carboxylic acids is 1. The molecule has 1 rings (SSSR count). The Morgan fingerprint density at radius 1 is 1.33 bits per heavy atom. The number of thiophene rings is 1. The van der Waals surface area contributed by atoms with E-state index in [0.717, 1.165) is 12.0 Å². The molecule has 1 amide bonds. The summed E-state index contributed by atoms with van der Waals surface area (Å²) in [6.45, 7) is 6.95. The number of carbonyl (C=O) groups is 2. The molecule has 2 N–H and O–H groups in total. The van der Waals surface area contributed by atoms with Crippen LogP contribution in [-0.4, -0.2) is 23.5 Å². The SMILES string of the molecule is CC(C)(C)C(CCNC(=O)Cc1ccsc1)CCC(=O)O. The monoisotopic (exact) mass is 311 g/mol. The molecular weight excluding hydrogens is 286 g/mol. The maximum atomic E-state index is 11.8. The molecule has 0 radical (unpaired) electrons. The molecule has 1 atom stereocenters. The molecule has 0 aromatic carbocycles. The zero-order chi connectivity index (χ0) is 15.9. The molecule has 0 fully saturated rings. The summed E-state index contributed by atoms with van der Waals surface area (Å²) in [6.07, 6.45) is 2.06. The summed E-state index contributed by atoms with van der Waals surface area (Å²) in [5.74, 6) is -0.444. The van der Waals surface area contributed by atoms with Crippen LogP contribution in [0.1, 0.15) is 45.6 Å². The Labute approximate surface area is 130 Å². The molecule has 1 heterocycles. The van der Waals surface area contributed by atoms with Gasteiger partial charge in [0, 0.05) is 13.0 Å². The fourth-order valence-electron chi connectivity index (χ4n) is 2.34. The molecule has 0 bridgehead atoms. The van der Waals surface area contributed by atoms with Crippen LogP contribution < -0.4 is 5.32 Å². The van der Waals surface area contributed by atoms with Crippen LogP contribution in [0.2, 0.25) is 0 Å². The van der Waals surface area contributed by atoms with Crippen molar-refractivity contribution in [3.05, 3.63) is 22.4 Å². The Morgan fingerprint density at radius 3 is 2.57 bits per heavy atom. The number of nitrogens with one attached hydrogen (secondary N) is 1. The standard InChI is InChI=1S/C16H25NO3S/c1-16(2,3)13(4-5-15(19)20)6-8-17-14(18)10-12-7-9-21-11-12/h7,9,11,13H,4-6,8,10H2,1-3H3,(H,17,18)(H,19,20). The van der Waals surface area contributed by atoms with Crippen molar-refractivity contribution in [3.8, 4) is 0 Å². The number of hydrogen-bond donors (Lipinski definition) is 2. The third kappa shape index (κ3) is 7.27. The van der Waals surface area contributed by atoms with E-state index in [0.29, 0.717) is 19.4 Å². The van der Waals surface area contributed by atoms with Gasteiger partial charge in [0.1, 0.15) is 0 Å². The third-order valence-electron chi connectivity index (χ3n) is 3.69. The maximum Gasteiger partial charge on any atom is 0.303 e. The normalized spacial score (nSPS) is 12.9. The van der Waals surface area contributed by atoms with Crippen molar-refractivity contribution in [1.29, 1.82) is 0 Å². The number of rotatable bonds is 8. The van der Waals surface area contributed by atoms with Crippen molar-refractivity contribution < 1.29 is 14.7 Å². The summed E-state index contributed by atoms with van der Waals surface area (Å²) >= 11 is 1.59. The summed E-state index contributed by atoms with van der Waals surface area (Å²) in [7, 11) is 0. The lowest BCUT2D eigenvalue weighted by Crippen LogP contribution is -2.30. The summed E-state index contributed by atoms with van der Waals surface area (Å²) in [5.41, 5.74) is 1.09. The van der Waals surface area contributed by atoms with Gasteiger partial charge in [0.25, 0.3) is 0 Å². The first-order valence-electron chi connectivity index (χ1n) is 7.28. The molecule has 0 spiro atoms. The van der Waals surface area contributed by atoms with Gasteiger partial charge in [-0.3, -0.25) is 9.59 Å². The molecule has 118 valence electrons. The van der Waals surface area contributed by atoms with Crippen LogP contribution in [0.5, 0.6) is 0 Å². The summed E-state index contributed by atoms with van der Waals surface area (Å²) < 4.78 is 0. The molecule has 0 saturated carbocycles. The quantitative estimate of drug-likeness (QED) is 0.774. The topological polar surface area (TPSA) is 66.4 Å². The smallest absolute Gasteiger partial charge is 0.303 e. The number of carboxylic acid groups (broad SMARTS) is 1. The van der Waals surface area contributed by atoms with Crippen LogP contribution in [0.25, 0.3) is 0 Å². The van der Waals surface area contributed by atoms with Gasteiger partial charge in [0.2, 0.25) is 5.91 Å². The first-order valence-corrected chi connectivity index (χ1v) is 8.23. The van der Waals surface area contributed by atoms with Crippen LogP contribution >= 0.6 is 11.3 Å².